The molecule has 1 aliphatic heterocycles. The molecule has 2 aromatic rings. The lowest BCUT2D eigenvalue weighted by Gasteiger charge is -2.26. The maximum absolute atomic E-state index is 13.8. The summed E-state index contributed by atoms with van der Waals surface area (Å²) in [4.78, 5) is 26.6. The summed E-state index contributed by atoms with van der Waals surface area (Å²) in [7, 11) is 4.48. The molecule has 1 heterocycles. The molecule has 0 radical (unpaired) electrons. The first kappa shape index (κ1) is 23.0. The lowest BCUT2D eigenvalue weighted by molar-refractivity contribution is -0.140. The Labute approximate surface area is 184 Å². The topological polar surface area (TPSA) is 65.1 Å². The van der Waals surface area contributed by atoms with Crippen LogP contribution in [0.3, 0.4) is 0 Å². The smallest absolute Gasteiger partial charge is 0.256 e. The summed E-state index contributed by atoms with van der Waals surface area (Å²) >= 11 is 0. The van der Waals surface area contributed by atoms with Gasteiger partial charge in [0, 0.05) is 23.8 Å². The average Bonchev–Trinajstić information content (AvgIpc) is 2.80. The van der Waals surface area contributed by atoms with Crippen molar-refractivity contribution in [2.24, 2.45) is 0 Å². The molecular formula is C24H23F2NO5. The highest BCUT2D eigenvalue weighted by Crippen LogP contribution is 2.39. The van der Waals surface area contributed by atoms with Crippen LogP contribution in [-0.4, -0.2) is 44.6 Å². The number of amides is 2. The zero-order valence-corrected chi connectivity index (χ0v) is 18.0. The molecular weight excluding hydrogens is 420 g/mol. The number of rotatable bonds is 6. The molecule has 0 aromatic heterocycles. The van der Waals surface area contributed by atoms with Gasteiger partial charge in [-0.25, -0.2) is 8.78 Å². The molecule has 0 N–H and O–H groups in total. The molecule has 1 fully saturated rings. The zero-order chi connectivity index (χ0) is 23.3. The second kappa shape index (κ2) is 10.1. The summed E-state index contributed by atoms with van der Waals surface area (Å²) in [5, 5.41) is 0. The van der Waals surface area contributed by atoms with Gasteiger partial charge in [0.1, 0.15) is 11.6 Å². The lowest BCUT2D eigenvalue weighted by atomic mass is 10.00. The maximum Gasteiger partial charge on any atom is 0.256 e. The molecule has 6 nitrogen and oxygen atoms in total. The number of piperidine rings is 1. The van der Waals surface area contributed by atoms with Crippen molar-refractivity contribution in [3.05, 3.63) is 64.7 Å². The first-order valence-corrected chi connectivity index (χ1v) is 9.87. The highest BCUT2D eigenvalue weighted by atomic mass is 19.1. The van der Waals surface area contributed by atoms with Gasteiger partial charge >= 0.3 is 0 Å². The Morgan fingerprint density at radius 2 is 1.72 bits per heavy atom. The number of likely N-dealkylation sites (tertiary alicyclic amines) is 1. The zero-order valence-electron chi connectivity index (χ0n) is 18.0. The SMILES string of the molecule is COc1cc(/C=C2\CCCN(C(=O)/C=C/c3cc(F)ccc3F)C2=O)cc(OC)c1OC. The van der Waals surface area contributed by atoms with Gasteiger partial charge in [-0.1, -0.05) is 0 Å². The third kappa shape index (κ3) is 4.96. The number of imide groups is 1. The van der Waals surface area contributed by atoms with E-state index in [0.29, 0.717) is 41.2 Å². The summed E-state index contributed by atoms with van der Waals surface area (Å²) in [5.41, 5.74) is 1.01. The van der Waals surface area contributed by atoms with Gasteiger partial charge in [-0.15, -0.1) is 0 Å². The van der Waals surface area contributed by atoms with Crippen molar-refractivity contribution >= 4 is 24.0 Å². The van der Waals surface area contributed by atoms with Crippen molar-refractivity contribution in [2.45, 2.75) is 12.8 Å². The van der Waals surface area contributed by atoms with Gasteiger partial charge in [0.25, 0.3) is 11.8 Å². The van der Waals surface area contributed by atoms with Crippen molar-refractivity contribution in [1.29, 1.82) is 0 Å². The summed E-state index contributed by atoms with van der Waals surface area (Å²) in [6.45, 7) is 0.236. The van der Waals surface area contributed by atoms with Crippen LogP contribution in [-0.2, 0) is 9.59 Å². The third-order valence-corrected chi connectivity index (χ3v) is 5.01. The molecule has 0 unspecified atom stereocenters. The van der Waals surface area contributed by atoms with E-state index in [1.807, 2.05) is 0 Å². The minimum atomic E-state index is -0.664. The normalized spacial score (nSPS) is 15.3. The highest BCUT2D eigenvalue weighted by Gasteiger charge is 2.27. The molecule has 1 saturated heterocycles. The fraction of sp³-hybridized carbons (Fsp3) is 0.250. The van der Waals surface area contributed by atoms with Crippen LogP contribution in [0.2, 0.25) is 0 Å². The molecule has 0 atom stereocenters. The Morgan fingerprint density at radius 1 is 1.03 bits per heavy atom. The standard InChI is InChI=1S/C24H23F2NO5/c1-30-20-12-15(13-21(31-2)23(20)32-3)11-17-5-4-10-27(24(17)29)22(28)9-6-16-14-18(25)7-8-19(16)26/h6-9,11-14H,4-5,10H2,1-3H3/b9-6+,17-11+. The van der Waals surface area contributed by atoms with Crippen LogP contribution >= 0.6 is 0 Å². The Hall–Kier alpha value is -3.68. The maximum atomic E-state index is 13.8. The van der Waals surface area contributed by atoms with Gasteiger partial charge in [-0.05, 0) is 60.9 Å². The van der Waals surface area contributed by atoms with Gasteiger partial charge in [0.2, 0.25) is 5.75 Å². The summed E-state index contributed by atoms with van der Waals surface area (Å²) in [5.74, 6) is -1.02. The Balaban J connectivity index is 1.84. The van der Waals surface area contributed by atoms with Crippen LogP contribution in [0, 0.1) is 11.6 Å². The van der Waals surface area contributed by atoms with E-state index in [1.54, 1.807) is 18.2 Å². The first-order chi connectivity index (χ1) is 15.4. The molecule has 0 aliphatic carbocycles. The van der Waals surface area contributed by atoms with Gasteiger partial charge in [0.05, 0.1) is 21.3 Å². The minimum Gasteiger partial charge on any atom is -0.493 e. The minimum absolute atomic E-state index is 0.0732. The number of nitrogens with zero attached hydrogens (tertiary/aromatic N) is 1. The predicted molar refractivity (Wildman–Crippen MR) is 115 cm³/mol. The van der Waals surface area contributed by atoms with E-state index >= 15 is 0 Å². The summed E-state index contributed by atoms with van der Waals surface area (Å²) in [6.07, 6.45) is 4.96. The van der Waals surface area contributed by atoms with E-state index < -0.39 is 23.4 Å². The number of methoxy groups -OCH3 is 3. The highest BCUT2D eigenvalue weighted by molar-refractivity contribution is 6.11. The summed E-state index contributed by atoms with van der Waals surface area (Å²) < 4.78 is 43.1. The molecule has 168 valence electrons. The van der Waals surface area contributed by atoms with E-state index in [9.17, 15) is 18.4 Å². The number of carbonyl (C=O) groups is 2. The van der Waals surface area contributed by atoms with E-state index in [2.05, 4.69) is 0 Å². The fourth-order valence-corrected chi connectivity index (χ4v) is 3.43. The summed E-state index contributed by atoms with van der Waals surface area (Å²) in [6, 6.07) is 6.35. The van der Waals surface area contributed by atoms with Crippen LogP contribution < -0.4 is 14.2 Å². The lowest BCUT2D eigenvalue weighted by Crippen LogP contribution is -2.40. The Bertz CT molecular complexity index is 1070. The molecule has 2 aromatic carbocycles. The second-order valence-corrected chi connectivity index (χ2v) is 7.03. The molecule has 32 heavy (non-hydrogen) atoms. The number of benzene rings is 2. The van der Waals surface area contributed by atoms with Crippen LogP contribution in [0.4, 0.5) is 8.78 Å². The molecule has 3 rings (SSSR count). The van der Waals surface area contributed by atoms with E-state index in [1.165, 1.54) is 21.3 Å². The van der Waals surface area contributed by atoms with Gasteiger partial charge in [-0.2, -0.15) is 0 Å². The number of halogens is 2. The third-order valence-electron chi connectivity index (χ3n) is 5.01. The monoisotopic (exact) mass is 443 g/mol. The number of carbonyl (C=O) groups excluding carboxylic acids is 2. The quantitative estimate of drug-likeness (QED) is 0.625. The molecule has 0 saturated carbocycles. The van der Waals surface area contributed by atoms with Gasteiger partial charge < -0.3 is 14.2 Å². The molecule has 2 amide bonds. The predicted octanol–water partition coefficient (Wildman–Crippen LogP) is 4.24. The molecule has 8 heteroatoms. The largest absolute Gasteiger partial charge is 0.493 e. The van der Waals surface area contributed by atoms with Gasteiger partial charge in [-0.3, -0.25) is 14.5 Å². The molecule has 0 spiro atoms. The molecule has 1 aliphatic rings. The fourth-order valence-electron chi connectivity index (χ4n) is 3.43. The van der Waals surface area contributed by atoms with Crippen molar-refractivity contribution in [3.63, 3.8) is 0 Å². The Morgan fingerprint density at radius 3 is 2.34 bits per heavy atom. The van der Waals surface area contributed by atoms with E-state index in [4.69, 9.17) is 14.2 Å². The van der Waals surface area contributed by atoms with Crippen LogP contribution in [0.5, 0.6) is 17.2 Å². The van der Waals surface area contributed by atoms with Crippen molar-refractivity contribution in [1.82, 2.24) is 4.90 Å². The number of hydrogen-bond donors (Lipinski definition) is 0. The van der Waals surface area contributed by atoms with Crippen molar-refractivity contribution in [2.75, 3.05) is 27.9 Å². The van der Waals surface area contributed by atoms with Crippen LogP contribution in [0.25, 0.3) is 12.2 Å². The number of hydrogen-bond acceptors (Lipinski definition) is 5. The average molecular weight is 443 g/mol. The van der Waals surface area contributed by atoms with Crippen molar-refractivity contribution < 1.29 is 32.6 Å². The van der Waals surface area contributed by atoms with Crippen LogP contribution in [0.15, 0.2) is 42.0 Å². The number of ether oxygens (including phenoxy) is 3. The van der Waals surface area contributed by atoms with Crippen molar-refractivity contribution in [3.8, 4) is 17.2 Å². The second-order valence-electron chi connectivity index (χ2n) is 7.03. The van der Waals surface area contributed by atoms with Crippen LogP contribution in [0.1, 0.15) is 24.0 Å². The first-order valence-electron chi connectivity index (χ1n) is 9.87. The molecule has 0 bridgehead atoms. The van der Waals surface area contributed by atoms with E-state index in [0.717, 1.165) is 35.3 Å². The Kier molecular flexibility index (Phi) is 7.25. The van der Waals surface area contributed by atoms with Gasteiger partial charge in [0.15, 0.2) is 11.5 Å². The van der Waals surface area contributed by atoms with E-state index in [-0.39, 0.29) is 12.1 Å².